The number of pyridine rings is 1. The summed E-state index contributed by atoms with van der Waals surface area (Å²) in [6.07, 6.45) is 1.69. The zero-order valence-electron chi connectivity index (χ0n) is 9.64. The number of carbonyl (C=O) groups is 1. The zero-order chi connectivity index (χ0) is 12.0. The molecular weight excluding hydrogens is 206 g/mol. The highest BCUT2D eigenvalue weighted by atomic mass is 16.5. The molecule has 1 aromatic rings. The summed E-state index contributed by atoms with van der Waals surface area (Å²) in [6, 6.07) is 3.59. The first-order chi connectivity index (χ1) is 7.65. The lowest BCUT2D eigenvalue weighted by atomic mass is 10.3. The number of hydrogen-bond acceptors (Lipinski definition) is 5. The number of anilines is 2. The van der Waals surface area contributed by atoms with E-state index in [1.165, 1.54) is 6.92 Å². The number of hydrogen-bond donors (Lipinski definition) is 1. The molecule has 5 heteroatoms. The van der Waals surface area contributed by atoms with E-state index in [0.29, 0.717) is 18.8 Å². The summed E-state index contributed by atoms with van der Waals surface area (Å²) in [5, 5.41) is 0. The fourth-order valence-electron chi connectivity index (χ4n) is 1.39. The molecule has 0 aliphatic carbocycles. The van der Waals surface area contributed by atoms with E-state index in [0.717, 1.165) is 12.4 Å². The van der Waals surface area contributed by atoms with Crippen molar-refractivity contribution >= 4 is 17.5 Å². The average molecular weight is 223 g/mol. The van der Waals surface area contributed by atoms with Crippen LogP contribution >= 0.6 is 0 Å². The maximum Gasteiger partial charge on any atom is 0.302 e. The number of nitrogens with zero attached hydrogens (tertiary/aromatic N) is 2. The Labute approximate surface area is 95.2 Å². The van der Waals surface area contributed by atoms with E-state index in [-0.39, 0.29) is 5.97 Å². The molecule has 0 spiro atoms. The van der Waals surface area contributed by atoms with Gasteiger partial charge in [0.05, 0.1) is 12.2 Å². The quantitative estimate of drug-likeness (QED) is 0.756. The molecule has 0 saturated heterocycles. The van der Waals surface area contributed by atoms with Crippen LogP contribution in [0.4, 0.5) is 11.5 Å². The van der Waals surface area contributed by atoms with Gasteiger partial charge in [0, 0.05) is 19.7 Å². The van der Waals surface area contributed by atoms with Crippen LogP contribution in [0.15, 0.2) is 18.3 Å². The minimum atomic E-state index is -0.273. The summed E-state index contributed by atoms with van der Waals surface area (Å²) >= 11 is 0. The van der Waals surface area contributed by atoms with Crippen LogP contribution in [0.3, 0.4) is 0 Å². The van der Waals surface area contributed by atoms with Gasteiger partial charge in [-0.25, -0.2) is 4.98 Å². The second kappa shape index (κ2) is 5.95. The first-order valence-corrected chi connectivity index (χ1v) is 5.24. The maximum absolute atomic E-state index is 10.6. The number of ether oxygens (including phenoxy) is 1. The molecule has 0 aliphatic rings. The average Bonchev–Trinajstić information content (AvgIpc) is 2.25. The molecule has 0 radical (unpaired) electrons. The summed E-state index contributed by atoms with van der Waals surface area (Å²) in [4.78, 5) is 16.8. The Kier molecular flexibility index (Phi) is 4.57. The topological polar surface area (TPSA) is 68.5 Å². The summed E-state index contributed by atoms with van der Waals surface area (Å²) in [6.45, 7) is 5.10. The first-order valence-electron chi connectivity index (χ1n) is 5.24. The van der Waals surface area contributed by atoms with Crippen molar-refractivity contribution in [2.75, 3.05) is 30.3 Å². The Morgan fingerprint density at radius 3 is 2.94 bits per heavy atom. The lowest BCUT2D eigenvalue weighted by Gasteiger charge is -2.22. The Morgan fingerprint density at radius 1 is 1.62 bits per heavy atom. The van der Waals surface area contributed by atoms with Gasteiger partial charge in [-0.15, -0.1) is 0 Å². The molecular formula is C11H17N3O2. The van der Waals surface area contributed by atoms with Gasteiger partial charge in [-0.05, 0) is 19.1 Å². The van der Waals surface area contributed by atoms with Crippen molar-refractivity contribution in [2.24, 2.45) is 0 Å². The van der Waals surface area contributed by atoms with Crippen LogP contribution < -0.4 is 10.6 Å². The Balaban J connectivity index is 2.60. The van der Waals surface area contributed by atoms with Crippen LogP contribution in [0, 0.1) is 0 Å². The molecule has 0 saturated carbocycles. The van der Waals surface area contributed by atoms with Gasteiger partial charge in [0.2, 0.25) is 0 Å². The smallest absolute Gasteiger partial charge is 0.302 e. The number of esters is 1. The van der Waals surface area contributed by atoms with Gasteiger partial charge in [-0.1, -0.05) is 0 Å². The number of carbonyl (C=O) groups excluding carboxylic acids is 1. The predicted octanol–water partition coefficient (Wildman–Crippen LogP) is 1.05. The third kappa shape index (κ3) is 3.42. The van der Waals surface area contributed by atoms with Gasteiger partial charge in [0.25, 0.3) is 0 Å². The lowest BCUT2D eigenvalue weighted by Crippen LogP contribution is -2.29. The van der Waals surface area contributed by atoms with Gasteiger partial charge < -0.3 is 15.4 Å². The highest BCUT2D eigenvalue weighted by Gasteiger charge is 2.08. The first kappa shape index (κ1) is 12.3. The van der Waals surface area contributed by atoms with Crippen molar-refractivity contribution in [3.8, 4) is 0 Å². The predicted molar refractivity (Wildman–Crippen MR) is 63.2 cm³/mol. The molecule has 2 N–H and O–H groups in total. The molecule has 0 unspecified atom stereocenters. The van der Waals surface area contributed by atoms with Crippen molar-refractivity contribution in [3.05, 3.63) is 18.3 Å². The van der Waals surface area contributed by atoms with Crippen LogP contribution in [-0.2, 0) is 9.53 Å². The van der Waals surface area contributed by atoms with E-state index in [1.54, 1.807) is 18.3 Å². The molecule has 1 aromatic heterocycles. The largest absolute Gasteiger partial charge is 0.464 e. The monoisotopic (exact) mass is 223 g/mol. The van der Waals surface area contributed by atoms with Crippen LogP contribution in [0.25, 0.3) is 0 Å². The van der Waals surface area contributed by atoms with Gasteiger partial charge in [-0.3, -0.25) is 4.79 Å². The van der Waals surface area contributed by atoms with Gasteiger partial charge in [0.1, 0.15) is 6.61 Å². The normalized spacial score (nSPS) is 9.88. The van der Waals surface area contributed by atoms with Crippen molar-refractivity contribution < 1.29 is 9.53 Å². The SMILES string of the molecule is CCN(CCOC(C)=O)c1ncccc1N. The Morgan fingerprint density at radius 2 is 2.38 bits per heavy atom. The number of aromatic nitrogens is 1. The van der Waals surface area contributed by atoms with Crippen LogP contribution in [-0.4, -0.2) is 30.6 Å². The molecule has 1 rings (SSSR count). The van der Waals surface area contributed by atoms with Gasteiger partial charge in [-0.2, -0.15) is 0 Å². The second-order valence-electron chi connectivity index (χ2n) is 3.34. The fourth-order valence-corrected chi connectivity index (χ4v) is 1.39. The Hall–Kier alpha value is -1.78. The third-order valence-electron chi connectivity index (χ3n) is 2.16. The van der Waals surface area contributed by atoms with Crippen LogP contribution in [0.5, 0.6) is 0 Å². The number of likely N-dealkylation sites (N-methyl/N-ethyl adjacent to an activating group) is 1. The van der Waals surface area contributed by atoms with E-state index < -0.39 is 0 Å². The van der Waals surface area contributed by atoms with Crippen molar-refractivity contribution in [1.82, 2.24) is 4.98 Å². The number of rotatable bonds is 5. The molecule has 0 bridgehead atoms. The molecule has 0 fully saturated rings. The second-order valence-corrected chi connectivity index (χ2v) is 3.34. The summed E-state index contributed by atoms with van der Waals surface area (Å²) < 4.78 is 4.89. The number of nitrogens with two attached hydrogens (primary N) is 1. The minimum absolute atomic E-state index is 0.273. The summed E-state index contributed by atoms with van der Waals surface area (Å²) in [7, 11) is 0. The van der Waals surface area contributed by atoms with E-state index in [2.05, 4.69) is 4.98 Å². The highest BCUT2D eigenvalue weighted by molar-refractivity contribution is 5.66. The lowest BCUT2D eigenvalue weighted by molar-refractivity contribution is -0.140. The van der Waals surface area contributed by atoms with Gasteiger partial charge >= 0.3 is 5.97 Å². The summed E-state index contributed by atoms with van der Waals surface area (Å²) in [5.41, 5.74) is 6.45. The van der Waals surface area contributed by atoms with Crippen molar-refractivity contribution in [1.29, 1.82) is 0 Å². The van der Waals surface area contributed by atoms with E-state index in [1.807, 2.05) is 11.8 Å². The van der Waals surface area contributed by atoms with Gasteiger partial charge in [0.15, 0.2) is 5.82 Å². The van der Waals surface area contributed by atoms with E-state index in [4.69, 9.17) is 10.5 Å². The molecule has 88 valence electrons. The molecule has 5 nitrogen and oxygen atoms in total. The molecule has 0 amide bonds. The molecule has 0 aliphatic heterocycles. The zero-order valence-corrected chi connectivity index (χ0v) is 9.64. The molecule has 16 heavy (non-hydrogen) atoms. The Bertz CT molecular complexity index is 355. The van der Waals surface area contributed by atoms with E-state index >= 15 is 0 Å². The highest BCUT2D eigenvalue weighted by Crippen LogP contribution is 2.18. The number of nitrogen functional groups attached to an aromatic ring is 1. The summed E-state index contributed by atoms with van der Waals surface area (Å²) in [5.74, 6) is 0.460. The van der Waals surface area contributed by atoms with Crippen LogP contribution in [0.1, 0.15) is 13.8 Å². The van der Waals surface area contributed by atoms with Crippen molar-refractivity contribution in [3.63, 3.8) is 0 Å². The molecule has 1 heterocycles. The van der Waals surface area contributed by atoms with E-state index in [9.17, 15) is 4.79 Å². The maximum atomic E-state index is 10.6. The fraction of sp³-hybridized carbons (Fsp3) is 0.455. The molecule has 0 aromatic carbocycles. The third-order valence-corrected chi connectivity index (χ3v) is 2.16. The molecule has 0 atom stereocenters. The van der Waals surface area contributed by atoms with Crippen LogP contribution in [0.2, 0.25) is 0 Å². The standard InChI is InChI=1S/C11H17N3O2/c1-3-14(7-8-16-9(2)15)11-10(12)5-4-6-13-11/h4-6H,3,7-8,12H2,1-2H3. The van der Waals surface area contributed by atoms with Crippen molar-refractivity contribution in [2.45, 2.75) is 13.8 Å². The minimum Gasteiger partial charge on any atom is -0.464 e.